The molecule has 166 valence electrons. The summed E-state index contributed by atoms with van der Waals surface area (Å²) in [6, 6.07) is 13.3. The Morgan fingerprint density at radius 1 is 0.903 bits per heavy atom. The predicted molar refractivity (Wildman–Crippen MR) is 118 cm³/mol. The van der Waals surface area contributed by atoms with Crippen molar-refractivity contribution in [3.63, 3.8) is 0 Å². The minimum Gasteiger partial charge on any atom is -0.493 e. The maximum absolute atomic E-state index is 13.1. The molecule has 0 saturated carbocycles. The first kappa shape index (κ1) is 22.5. The lowest BCUT2D eigenvalue weighted by Gasteiger charge is -2.34. The van der Waals surface area contributed by atoms with Crippen LogP contribution < -0.4 is 9.47 Å². The Labute approximate surface area is 183 Å². The fraction of sp³-hybridized carbons (Fsp3) is 0.417. The molecule has 2 aromatic carbocycles. The summed E-state index contributed by atoms with van der Waals surface area (Å²) in [5.74, 6) is 1.41. The zero-order chi connectivity index (χ0) is 22.2. The number of rotatable bonds is 7. The number of ether oxygens (including phenoxy) is 3. The van der Waals surface area contributed by atoms with Gasteiger partial charge in [0.25, 0.3) is 5.91 Å². The fourth-order valence-corrected chi connectivity index (χ4v) is 3.48. The van der Waals surface area contributed by atoms with E-state index in [4.69, 9.17) is 14.2 Å². The molecule has 0 spiro atoms. The van der Waals surface area contributed by atoms with Gasteiger partial charge < -0.3 is 24.0 Å². The zero-order valence-electron chi connectivity index (χ0n) is 18.4. The first-order valence-electron chi connectivity index (χ1n) is 10.7. The van der Waals surface area contributed by atoms with Crippen molar-refractivity contribution in [2.45, 2.75) is 27.4 Å². The van der Waals surface area contributed by atoms with Gasteiger partial charge in [-0.25, -0.2) is 4.79 Å². The third-order valence-corrected chi connectivity index (χ3v) is 5.08. The van der Waals surface area contributed by atoms with Crippen LogP contribution in [0.2, 0.25) is 0 Å². The van der Waals surface area contributed by atoms with Gasteiger partial charge in [0, 0.05) is 37.3 Å². The van der Waals surface area contributed by atoms with Gasteiger partial charge in [-0.15, -0.1) is 0 Å². The van der Waals surface area contributed by atoms with Gasteiger partial charge in [-0.1, -0.05) is 12.1 Å². The van der Waals surface area contributed by atoms with Crippen LogP contribution in [0.25, 0.3) is 0 Å². The van der Waals surface area contributed by atoms with E-state index in [0.29, 0.717) is 57.3 Å². The third kappa shape index (κ3) is 5.90. The van der Waals surface area contributed by atoms with Crippen molar-refractivity contribution in [2.24, 2.45) is 0 Å². The molecule has 7 nitrogen and oxygen atoms in total. The smallest absolute Gasteiger partial charge is 0.409 e. The summed E-state index contributed by atoms with van der Waals surface area (Å²) in [6.45, 7) is 8.76. The second-order valence-corrected chi connectivity index (χ2v) is 7.34. The number of piperazine rings is 1. The molecular formula is C24H30N2O5. The highest BCUT2D eigenvalue weighted by molar-refractivity contribution is 5.94. The van der Waals surface area contributed by atoms with Crippen molar-refractivity contribution in [1.29, 1.82) is 0 Å². The molecule has 3 rings (SSSR count). The Morgan fingerprint density at radius 2 is 1.65 bits per heavy atom. The highest BCUT2D eigenvalue weighted by Gasteiger charge is 2.26. The largest absolute Gasteiger partial charge is 0.493 e. The Balaban J connectivity index is 1.69. The molecule has 0 aliphatic carbocycles. The second-order valence-electron chi connectivity index (χ2n) is 7.34. The molecule has 1 fully saturated rings. The number of nitrogens with zero attached hydrogens (tertiary/aromatic N) is 2. The first-order chi connectivity index (χ1) is 15.0. The standard InChI is InChI=1S/C24H30N2O5/c1-4-29-22-10-9-19(16-20(22)17-31-21-8-6-7-18(3)15-21)23(27)25-11-13-26(14-12-25)24(28)30-5-2/h6-10,15-16H,4-5,11-14,17H2,1-3H3. The minimum absolute atomic E-state index is 0.0663. The van der Waals surface area contributed by atoms with Gasteiger partial charge in [0.2, 0.25) is 0 Å². The Bertz CT molecular complexity index is 907. The number of hydrogen-bond acceptors (Lipinski definition) is 5. The maximum atomic E-state index is 13.1. The summed E-state index contributed by atoms with van der Waals surface area (Å²) in [5.41, 5.74) is 2.52. The molecular weight excluding hydrogens is 396 g/mol. The van der Waals surface area contributed by atoms with E-state index < -0.39 is 0 Å². The molecule has 31 heavy (non-hydrogen) atoms. The molecule has 1 heterocycles. The summed E-state index contributed by atoms with van der Waals surface area (Å²) < 4.78 is 16.7. The van der Waals surface area contributed by atoms with E-state index in [1.807, 2.05) is 50.2 Å². The lowest BCUT2D eigenvalue weighted by molar-refractivity contribution is 0.0570. The summed E-state index contributed by atoms with van der Waals surface area (Å²) >= 11 is 0. The van der Waals surface area contributed by atoms with Gasteiger partial charge in [0.15, 0.2) is 0 Å². The van der Waals surface area contributed by atoms with Crippen LogP contribution in [-0.4, -0.2) is 61.2 Å². The maximum Gasteiger partial charge on any atom is 0.409 e. The van der Waals surface area contributed by atoms with E-state index in [-0.39, 0.29) is 12.0 Å². The Kier molecular flexibility index (Phi) is 7.76. The van der Waals surface area contributed by atoms with Gasteiger partial charge in [-0.05, 0) is 56.7 Å². The van der Waals surface area contributed by atoms with E-state index in [2.05, 4.69) is 0 Å². The number of hydrogen-bond donors (Lipinski definition) is 0. The SMILES string of the molecule is CCOC(=O)N1CCN(C(=O)c2ccc(OCC)c(COc3cccc(C)c3)c2)CC1. The van der Waals surface area contributed by atoms with Crippen LogP contribution in [0.1, 0.15) is 35.3 Å². The summed E-state index contributed by atoms with van der Waals surface area (Å²) in [5, 5.41) is 0. The van der Waals surface area contributed by atoms with Crippen LogP contribution in [0.15, 0.2) is 42.5 Å². The highest BCUT2D eigenvalue weighted by Crippen LogP contribution is 2.24. The molecule has 2 aromatic rings. The number of carbonyl (C=O) groups excluding carboxylic acids is 2. The van der Waals surface area contributed by atoms with Gasteiger partial charge in [-0.2, -0.15) is 0 Å². The highest BCUT2D eigenvalue weighted by atomic mass is 16.6. The van der Waals surface area contributed by atoms with Crippen molar-refractivity contribution in [1.82, 2.24) is 9.80 Å². The molecule has 1 saturated heterocycles. The van der Waals surface area contributed by atoms with E-state index in [9.17, 15) is 9.59 Å². The second kappa shape index (κ2) is 10.7. The van der Waals surface area contributed by atoms with Crippen LogP contribution in [0, 0.1) is 6.92 Å². The molecule has 0 unspecified atom stereocenters. The molecule has 0 radical (unpaired) electrons. The summed E-state index contributed by atoms with van der Waals surface area (Å²) in [7, 11) is 0. The molecule has 0 atom stereocenters. The lowest BCUT2D eigenvalue weighted by atomic mass is 10.1. The minimum atomic E-state index is -0.328. The van der Waals surface area contributed by atoms with Crippen LogP contribution in [-0.2, 0) is 11.3 Å². The topological polar surface area (TPSA) is 68.3 Å². The summed E-state index contributed by atoms with van der Waals surface area (Å²) in [4.78, 5) is 28.3. The molecule has 1 aliphatic heterocycles. The van der Waals surface area contributed by atoms with E-state index in [1.165, 1.54) is 0 Å². The predicted octanol–water partition coefficient (Wildman–Crippen LogP) is 3.89. The average Bonchev–Trinajstić information content (AvgIpc) is 2.78. The van der Waals surface area contributed by atoms with Gasteiger partial charge >= 0.3 is 6.09 Å². The van der Waals surface area contributed by atoms with Crippen molar-refractivity contribution in [3.05, 3.63) is 59.2 Å². The van der Waals surface area contributed by atoms with Crippen LogP contribution in [0.3, 0.4) is 0 Å². The first-order valence-corrected chi connectivity index (χ1v) is 10.7. The molecule has 0 bridgehead atoms. The number of aryl methyl sites for hydroxylation is 1. The number of benzene rings is 2. The normalized spacial score (nSPS) is 13.6. The van der Waals surface area contributed by atoms with Gasteiger partial charge in [-0.3, -0.25) is 4.79 Å². The van der Waals surface area contributed by atoms with Crippen LogP contribution in [0.5, 0.6) is 11.5 Å². The zero-order valence-corrected chi connectivity index (χ0v) is 18.4. The van der Waals surface area contributed by atoms with Gasteiger partial charge in [0.05, 0.1) is 13.2 Å². The van der Waals surface area contributed by atoms with Crippen LogP contribution >= 0.6 is 0 Å². The van der Waals surface area contributed by atoms with E-state index in [0.717, 1.165) is 16.9 Å². The molecule has 0 N–H and O–H groups in total. The monoisotopic (exact) mass is 426 g/mol. The molecule has 0 aromatic heterocycles. The van der Waals surface area contributed by atoms with E-state index >= 15 is 0 Å². The van der Waals surface area contributed by atoms with Crippen LogP contribution in [0.4, 0.5) is 4.79 Å². The molecule has 2 amide bonds. The van der Waals surface area contributed by atoms with Crippen molar-refractivity contribution in [2.75, 3.05) is 39.4 Å². The average molecular weight is 427 g/mol. The van der Waals surface area contributed by atoms with Crippen molar-refractivity contribution < 1.29 is 23.8 Å². The molecule has 1 aliphatic rings. The fourth-order valence-electron chi connectivity index (χ4n) is 3.48. The lowest BCUT2D eigenvalue weighted by Crippen LogP contribution is -2.50. The van der Waals surface area contributed by atoms with Crippen molar-refractivity contribution >= 4 is 12.0 Å². The number of amides is 2. The third-order valence-electron chi connectivity index (χ3n) is 5.08. The van der Waals surface area contributed by atoms with Gasteiger partial charge in [0.1, 0.15) is 18.1 Å². The Hall–Kier alpha value is -3.22. The molecule has 7 heteroatoms. The Morgan fingerprint density at radius 3 is 2.32 bits per heavy atom. The quantitative estimate of drug-likeness (QED) is 0.672. The van der Waals surface area contributed by atoms with Crippen molar-refractivity contribution in [3.8, 4) is 11.5 Å². The summed E-state index contributed by atoms with van der Waals surface area (Å²) in [6.07, 6.45) is -0.328. The van der Waals surface area contributed by atoms with E-state index in [1.54, 1.807) is 22.8 Å². The number of carbonyl (C=O) groups is 2.